The van der Waals surface area contributed by atoms with Crippen molar-refractivity contribution in [3.05, 3.63) is 50.6 Å². The lowest BCUT2D eigenvalue weighted by atomic mass is 10.2. The van der Waals surface area contributed by atoms with Crippen LogP contribution in [0.1, 0.15) is 20.3 Å². The fourth-order valence-electron chi connectivity index (χ4n) is 2.60. The lowest BCUT2D eigenvalue weighted by molar-refractivity contribution is -0.917. The van der Waals surface area contributed by atoms with Crippen molar-refractivity contribution in [2.45, 2.75) is 20.3 Å². The molecule has 0 aromatic rings. The second-order valence-electron chi connectivity index (χ2n) is 5.92. The molecule has 0 N–H and O–H groups in total. The van der Waals surface area contributed by atoms with Gasteiger partial charge in [-0.1, -0.05) is 40.2 Å². The summed E-state index contributed by atoms with van der Waals surface area (Å²) in [5.41, 5.74) is 0. The Kier molecular flexibility index (Phi) is 13.3. The van der Waals surface area contributed by atoms with Crippen molar-refractivity contribution < 1.29 is 8.97 Å². The number of nitrogens with zero attached hydrogens (tertiary/aromatic N) is 2. The van der Waals surface area contributed by atoms with Gasteiger partial charge in [-0.25, -0.2) is 0 Å². The van der Waals surface area contributed by atoms with Gasteiger partial charge in [0.05, 0.1) is 53.4 Å². The number of quaternary nitrogens is 2. The van der Waals surface area contributed by atoms with Gasteiger partial charge in [-0.05, 0) is 24.3 Å². The van der Waals surface area contributed by atoms with Crippen molar-refractivity contribution in [1.82, 2.24) is 0 Å². The van der Waals surface area contributed by atoms with E-state index in [-0.39, 0.29) is 0 Å². The van der Waals surface area contributed by atoms with Gasteiger partial charge in [0.1, 0.15) is 0 Å². The van der Waals surface area contributed by atoms with E-state index in [9.17, 15) is 0 Å². The van der Waals surface area contributed by atoms with Gasteiger partial charge in [0.25, 0.3) is 0 Å². The zero-order valence-electron chi connectivity index (χ0n) is 15.0. The first-order chi connectivity index (χ1) is 9.95. The minimum Gasteiger partial charge on any atom is -0.319 e. The van der Waals surface area contributed by atoms with Crippen LogP contribution < -0.4 is 0 Å². The standard InChI is InChI=1S/C17H32N2.C2H6/c1-7-12-18(5,13-8-2)16-11-17-19(6,14-9-3)15-10-4;1-2/h7-10H,1-4,11-17H2,5-6H3;1-2H3/q+2;. The number of hydrogen-bond donors (Lipinski definition) is 0. The van der Waals surface area contributed by atoms with Crippen molar-refractivity contribution >= 4 is 0 Å². The van der Waals surface area contributed by atoms with E-state index < -0.39 is 0 Å². The first-order valence-corrected chi connectivity index (χ1v) is 8.06. The van der Waals surface area contributed by atoms with Crippen molar-refractivity contribution in [3.63, 3.8) is 0 Å². The Morgan fingerprint density at radius 3 is 1.05 bits per heavy atom. The van der Waals surface area contributed by atoms with Crippen LogP contribution in [0.4, 0.5) is 0 Å². The molecule has 0 spiro atoms. The molecule has 0 amide bonds. The van der Waals surface area contributed by atoms with E-state index in [2.05, 4.69) is 40.4 Å². The molecule has 0 saturated heterocycles. The predicted molar refractivity (Wildman–Crippen MR) is 98.3 cm³/mol. The average Bonchev–Trinajstić information content (AvgIpc) is 2.42. The summed E-state index contributed by atoms with van der Waals surface area (Å²) in [6.07, 6.45) is 9.21. The molecule has 0 heterocycles. The lowest BCUT2D eigenvalue weighted by Crippen LogP contribution is -2.49. The highest BCUT2D eigenvalue weighted by molar-refractivity contribution is 4.72. The minimum atomic E-state index is 0.995. The summed E-state index contributed by atoms with van der Waals surface area (Å²) in [6, 6.07) is 0. The Labute approximate surface area is 133 Å². The van der Waals surface area contributed by atoms with Crippen LogP contribution in [0.3, 0.4) is 0 Å². The minimum absolute atomic E-state index is 0.995. The zero-order valence-corrected chi connectivity index (χ0v) is 15.0. The fraction of sp³-hybridized carbons (Fsp3) is 0.579. The number of hydrogen-bond acceptors (Lipinski definition) is 0. The topological polar surface area (TPSA) is 0 Å². The molecular weight excluding hydrogens is 256 g/mol. The summed E-state index contributed by atoms with van der Waals surface area (Å²) in [5, 5.41) is 0. The molecular formula is C19H38N2+2. The Balaban J connectivity index is 0. The second-order valence-corrected chi connectivity index (χ2v) is 5.92. The van der Waals surface area contributed by atoms with E-state index in [1.807, 2.05) is 38.2 Å². The van der Waals surface area contributed by atoms with Crippen molar-refractivity contribution in [2.75, 3.05) is 53.4 Å². The van der Waals surface area contributed by atoms with Crippen LogP contribution in [0.15, 0.2) is 50.6 Å². The zero-order chi connectivity index (χ0) is 16.8. The van der Waals surface area contributed by atoms with Gasteiger partial charge < -0.3 is 8.97 Å². The van der Waals surface area contributed by atoms with E-state index in [4.69, 9.17) is 0 Å². The lowest BCUT2D eigenvalue weighted by Gasteiger charge is -2.36. The molecule has 2 nitrogen and oxygen atoms in total. The first kappa shape index (κ1) is 22.2. The summed E-state index contributed by atoms with van der Waals surface area (Å²) < 4.78 is 1.99. The fourth-order valence-corrected chi connectivity index (χ4v) is 2.60. The van der Waals surface area contributed by atoms with E-state index >= 15 is 0 Å². The first-order valence-electron chi connectivity index (χ1n) is 8.06. The maximum atomic E-state index is 3.86. The van der Waals surface area contributed by atoms with Gasteiger partial charge in [0.15, 0.2) is 0 Å². The van der Waals surface area contributed by atoms with Crippen LogP contribution in [-0.2, 0) is 0 Å². The molecule has 0 atom stereocenters. The van der Waals surface area contributed by atoms with Crippen molar-refractivity contribution in [2.24, 2.45) is 0 Å². The molecule has 0 aromatic heterocycles. The Hall–Kier alpha value is -1.12. The molecule has 122 valence electrons. The molecule has 2 heteroatoms. The molecule has 0 radical (unpaired) electrons. The molecule has 0 aliphatic heterocycles. The third-order valence-electron chi connectivity index (χ3n) is 3.68. The highest BCUT2D eigenvalue weighted by Gasteiger charge is 2.22. The third kappa shape index (κ3) is 10.3. The molecule has 0 saturated carbocycles. The molecule has 21 heavy (non-hydrogen) atoms. The maximum Gasteiger partial charge on any atom is 0.0971 e. The average molecular weight is 295 g/mol. The normalized spacial score (nSPS) is 11.0. The Morgan fingerprint density at radius 2 is 0.857 bits per heavy atom. The second kappa shape index (κ2) is 12.6. The summed E-state index contributed by atoms with van der Waals surface area (Å²) in [6.45, 7) is 25.8. The molecule has 0 aliphatic rings. The van der Waals surface area contributed by atoms with Crippen molar-refractivity contribution in [1.29, 1.82) is 0 Å². The van der Waals surface area contributed by atoms with Crippen LogP contribution in [0.5, 0.6) is 0 Å². The molecule has 0 rings (SSSR count). The molecule has 0 unspecified atom stereocenters. The highest BCUT2D eigenvalue weighted by Crippen LogP contribution is 2.09. The van der Waals surface area contributed by atoms with Crippen LogP contribution in [0.25, 0.3) is 0 Å². The largest absolute Gasteiger partial charge is 0.319 e. The van der Waals surface area contributed by atoms with Crippen LogP contribution >= 0.6 is 0 Å². The maximum absolute atomic E-state index is 3.86. The van der Waals surface area contributed by atoms with Gasteiger partial charge in [0, 0.05) is 6.42 Å². The van der Waals surface area contributed by atoms with E-state index in [0.717, 1.165) is 48.2 Å². The molecule has 0 aliphatic carbocycles. The third-order valence-corrected chi connectivity index (χ3v) is 3.68. The van der Waals surface area contributed by atoms with Crippen LogP contribution in [0.2, 0.25) is 0 Å². The molecule has 0 aromatic carbocycles. The SMILES string of the molecule is C=CC[N+](C)(CC=C)CCC[N+](C)(CC=C)CC=C.CC. The smallest absolute Gasteiger partial charge is 0.0971 e. The Morgan fingerprint density at radius 1 is 0.619 bits per heavy atom. The quantitative estimate of drug-likeness (QED) is 0.376. The number of likely N-dealkylation sites (N-methyl/N-ethyl adjacent to an activating group) is 2. The van der Waals surface area contributed by atoms with E-state index in [0.29, 0.717) is 0 Å². The summed E-state index contributed by atoms with van der Waals surface area (Å²) in [7, 11) is 4.55. The van der Waals surface area contributed by atoms with E-state index in [1.165, 1.54) is 6.42 Å². The molecule has 0 bridgehead atoms. The monoisotopic (exact) mass is 294 g/mol. The van der Waals surface area contributed by atoms with Gasteiger partial charge in [-0.2, -0.15) is 0 Å². The van der Waals surface area contributed by atoms with Gasteiger partial charge >= 0.3 is 0 Å². The van der Waals surface area contributed by atoms with Gasteiger partial charge in [-0.3, -0.25) is 0 Å². The van der Waals surface area contributed by atoms with Gasteiger partial charge in [0.2, 0.25) is 0 Å². The summed E-state index contributed by atoms with van der Waals surface area (Å²) in [4.78, 5) is 0. The summed E-state index contributed by atoms with van der Waals surface area (Å²) in [5.74, 6) is 0. The Bertz CT molecular complexity index is 255. The molecule has 0 fully saturated rings. The van der Waals surface area contributed by atoms with E-state index in [1.54, 1.807) is 0 Å². The van der Waals surface area contributed by atoms with Crippen molar-refractivity contribution in [3.8, 4) is 0 Å². The van der Waals surface area contributed by atoms with Crippen LogP contribution in [0, 0.1) is 0 Å². The number of rotatable bonds is 12. The highest BCUT2D eigenvalue weighted by atomic mass is 15.3. The summed E-state index contributed by atoms with van der Waals surface area (Å²) >= 11 is 0. The van der Waals surface area contributed by atoms with Crippen LogP contribution in [-0.4, -0.2) is 62.3 Å². The van der Waals surface area contributed by atoms with Gasteiger partial charge in [-0.15, -0.1) is 0 Å². The predicted octanol–water partition coefficient (Wildman–Crippen LogP) is 4.04.